The number of halogens is 2. The number of ketones is 1. The minimum Gasteiger partial charge on any atom is -0.293 e. The molecule has 0 radical (unpaired) electrons. The van der Waals surface area contributed by atoms with Crippen LogP contribution in [0, 0.1) is 0 Å². The average Bonchev–Trinajstić information content (AvgIpc) is 2.42. The second-order valence-electron chi connectivity index (χ2n) is 3.85. The molecule has 0 spiro atoms. The van der Waals surface area contributed by atoms with Crippen LogP contribution in [0.3, 0.4) is 0 Å². The van der Waals surface area contributed by atoms with Crippen LogP contribution in [0.5, 0.6) is 0 Å². The lowest BCUT2D eigenvalue weighted by atomic mass is 10.2. The molecule has 2 nitrogen and oxygen atoms in total. The van der Waals surface area contributed by atoms with E-state index in [-0.39, 0.29) is 11.5 Å². The summed E-state index contributed by atoms with van der Waals surface area (Å²) in [6, 6.07) is 13.5. The number of rotatable bonds is 4. The van der Waals surface area contributed by atoms with Gasteiger partial charge >= 0.3 is 0 Å². The van der Waals surface area contributed by atoms with E-state index >= 15 is 0 Å². The standard InChI is InChI=1S/C14H10Cl2O2S/c15-11-6-7-12(16)14(8-11)19(18)9-13(17)10-4-2-1-3-5-10/h1-8H,9H2. The average molecular weight is 313 g/mol. The minimum absolute atomic E-state index is 0.107. The zero-order valence-corrected chi connectivity index (χ0v) is 12.1. The van der Waals surface area contributed by atoms with Gasteiger partial charge in [-0.2, -0.15) is 0 Å². The van der Waals surface area contributed by atoms with E-state index in [1.165, 1.54) is 6.07 Å². The Morgan fingerprint density at radius 2 is 1.74 bits per heavy atom. The van der Waals surface area contributed by atoms with E-state index < -0.39 is 10.8 Å². The van der Waals surface area contributed by atoms with Gasteiger partial charge in [-0.25, -0.2) is 0 Å². The molecule has 0 fully saturated rings. The van der Waals surface area contributed by atoms with Gasteiger partial charge in [0.2, 0.25) is 0 Å². The number of carbonyl (C=O) groups excluding carboxylic acids is 1. The van der Waals surface area contributed by atoms with Gasteiger partial charge in [0.15, 0.2) is 5.78 Å². The van der Waals surface area contributed by atoms with Crippen LogP contribution in [0.4, 0.5) is 0 Å². The largest absolute Gasteiger partial charge is 0.293 e. The Labute approximate surface area is 123 Å². The van der Waals surface area contributed by atoms with E-state index in [0.717, 1.165) is 0 Å². The van der Waals surface area contributed by atoms with Crippen LogP contribution in [-0.4, -0.2) is 15.7 Å². The summed E-state index contributed by atoms with van der Waals surface area (Å²) in [5.74, 6) is -0.292. The summed E-state index contributed by atoms with van der Waals surface area (Å²) in [7, 11) is -1.50. The molecule has 0 N–H and O–H groups in total. The predicted molar refractivity (Wildman–Crippen MR) is 78.5 cm³/mol. The second kappa shape index (κ2) is 6.33. The van der Waals surface area contributed by atoms with Crippen molar-refractivity contribution in [1.82, 2.24) is 0 Å². The lowest BCUT2D eigenvalue weighted by Crippen LogP contribution is -2.11. The van der Waals surface area contributed by atoms with Crippen molar-refractivity contribution in [3.63, 3.8) is 0 Å². The molecule has 0 amide bonds. The Bertz CT molecular complexity index is 627. The number of benzene rings is 2. The van der Waals surface area contributed by atoms with Crippen molar-refractivity contribution >= 4 is 39.8 Å². The molecule has 0 aromatic heterocycles. The van der Waals surface area contributed by atoms with E-state index in [2.05, 4.69) is 0 Å². The van der Waals surface area contributed by atoms with E-state index in [9.17, 15) is 9.00 Å². The molecule has 19 heavy (non-hydrogen) atoms. The molecule has 5 heteroatoms. The molecule has 0 saturated heterocycles. The van der Waals surface area contributed by atoms with Crippen molar-refractivity contribution in [2.24, 2.45) is 0 Å². The normalized spacial score (nSPS) is 12.1. The fourth-order valence-corrected chi connectivity index (χ4v) is 3.27. The molecule has 0 aliphatic carbocycles. The molecule has 1 atom stereocenters. The Morgan fingerprint density at radius 1 is 1.05 bits per heavy atom. The lowest BCUT2D eigenvalue weighted by Gasteiger charge is -2.05. The summed E-state index contributed by atoms with van der Waals surface area (Å²) in [5, 5.41) is 0.795. The topological polar surface area (TPSA) is 34.1 Å². The van der Waals surface area contributed by atoms with Crippen LogP contribution in [0.2, 0.25) is 10.0 Å². The zero-order chi connectivity index (χ0) is 13.8. The Morgan fingerprint density at radius 3 is 2.42 bits per heavy atom. The van der Waals surface area contributed by atoms with Gasteiger partial charge < -0.3 is 0 Å². The van der Waals surface area contributed by atoms with Crippen molar-refractivity contribution in [3.8, 4) is 0 Å². The van der Waals surface area contributed by atoms with Crippen molar-refractivity contribution in [2.45, 2.75) is 4.90 Å². The van der Waals surface area contributed by atoms with Crippen LogP contribution >= 0.6 is 23.2 Å². The van der Waals surface area contributed by atoms with E-state index in [0.29, 0.717) is 20.5 Å². The molecular formula is C14H10Cl2O2S. The SMILES string of the molecule is O=C(CS(=O)c1cc(Cl)ccc1Cl)c1ccccc1. The maximum atomic E-state index is 12.1. The lowest BCUT2D eigenvalue weighted by molar-refractivity contribution is 0.102. The molecule has 98 valence electrons. The third-order valence-electron chi connectivity index (χ3n) is 2.50. The van der Waals surface area contributed by atoms with Gasteiger partial charge in [0, 0.05) is 10.6 Å². The van der Waals surface area contributed by atoms with Gasteiger partial charge in [-0.3, -0.25) is 9.00 Å². The van der Waals surface area contributed by atoms with Gasteiger partial charge in [-0.15, -0.1) is 0 Å². The molecule has 2 aromatic rings. The monoisotopic (exact) mass is 312 g/mol. The van der Waals surface area contributed by atoms with Crippen molar-refractivity contribution in [1.29, 1.82) is 0 Å². The highest BCUT2D eigenvalue weighted by Gasteiger charge is 2.15. The fraction of sp³-hybridized carbons (Fsp3) is 0.0714. The maximum absolute atomic E-state index is 12.1. The summed E-state index contributed by atoms with van der Waals surface area (Å²) in [4.78, 5) is 12.3. The van der Waals surface area contributed by atoms with Crippen LogP contribution in [0.1, 0.15) is 10.4 Å². The summed E-state index contributed by atoms with van der Waals surface area (Å²) >= 11 is 11.8. The van der Waals surface area contributed by atoms with E-state index in [1.54, 1.807) is 36.4 Å². The molecule has 0 saturated carbocycles. The molecule has 0 aliphatic heterocycles. The molecule has 0 aliphatic rings. The van der Waals surface area contributed by atoms with Crippen LogP contribution in [0.15, 0.2) is 53.4 Å². The molecule has 2 aromatic carbocycles. The van der Waals surface area contributed by atoms with Crippen molar-refractivity contribution in [3.05, 3.63) is 64.1 Å². The maximum Gasteiger partial charge on any atom is 0.175 e. The number of hydrogen-bond donors (Lipinski definition) is 0. The van der Waals surface area contributed by atoms with Crippen molar-refractivity contribution in [2.75, 3.05) is 5.75 Å². The first-order valence-electron chi connectivity index (χ1n) is 5.49. The zero-order valence-electron chi connectivity index (χ0n) is 9.81. The highest BCUT2D eigenvalue weighted by molar-refractivity contribution is 7.86. The smallest absolute Gasteiger partial charge is 0.175 e. The second-order valence-corrected chi connectivity index (χ2v) is 6.12. The summed E-state index contributed by atoms with van der Waals surface area (Å²) < 4.78 is 12.1. The van der Waals surface area contributed by atoms with E-state index in [1.807, 2.05) is 6.07 Å². The summed E-state index contributed by atoms with van der Waals surface area (Å²) in [6.07, 6.45) is 0. The Hall–Kier alpha value is -1.16. The third-order valence-corrected chi connectivity index (χ3v) is 4.53. The van der Waals surface area contributed by atoms with Gasteiger partial charge in [-0.1, -0.05) is 53.5 Å². The van der Waals surface area contributed by atoms with Gasteiger partial charge in [-0.05, 0) is 18.2 Å². The minimum atomic E-state index is -1.50. The first-order valence-corrected chi connectivity index (χ1v) is 7.57. The fourth-order valence-electron chi connectivity index (χ4n) is 1.56. The third kappa shape index (κ3) is 3.66. The van der Waals surface area contributed by atoms with Crippen LogP contribution in [-0.2, 0) is 10.8 Å². The quantitative estimate of drug-likeness (QED) is 0.800. The highest BCUT2D eigenvalue weighted by atomic mass is 35.5. The number of carbonyl (C=O) groups is 1. The Balaban J connectivity index is 2.18. The number of hydrogen-bond acceptors (Lipinski definition) is 2. The first-order chi connectivity index (χ1) is 9.08. The van der Waals surface area contributed by atoms with Gasteiger partial charge in [0.25, 0.3) is 0 Å². The molecular weight excluding hydrogens is 303 g/mol. The summed E-state index contributed by atoms with van der Waals surface area (Å²) in [6.45, 7) is 0. The molecule has 2 rings (SSSR count). The predicted octanol–water partition coefficient (Wildman–Crippen LogP) is 3.98. The van der Waals surface area contributed by atoms with E-state index in [4.69, 9.17) is 23.2 Å². The Kier molecular flexibility index (Phi) is 4.75. The summed E-state index contributed by atoms with van der Waals surface area (Å²) in [5.41, 5.74) is 0.536. The molecule has 0 bridgehead atoms. The van der Waals surface area contributed by atoms with Gasteiger partial charge in [0.05, 0.1) is 26.5 Å². The van der Waals surface area contributed by atoms with Crippen LogP contribution in [0.25, 0.3) is 0 Å². The molecule has 1 unspecified atom stereocenters. The van der Waals surface area contributed by atoms with Crippen LogP contribution < -0.4 is 0 Å². The van der Waals surface area contributed by atoms with Gasteiger partial charge in [0.1, 0.15) is 0 Å². The highest BCUT2D eigenvalue weighted by Crippen LogP contribution is 2.24. The first kappa shape index (κ1) is 14.3. The number of Topliss-reactive ketones (excluding diaryl/α,β-unsaturated/α-hetero) is 1. The van der Waals surface area contributed by atoms with Crippen molar-refractivity contribution < 1.29 is 9.00 Å². The molecule has 0 heterocycles.